The van der Waals surface area contributed by atoms with Crippen molar-refractivity contribution >= 4 is 22.9 Å². The summed E-state index contributed by atoms with van der Waals surface area (Å²) >= 11 is 7.65. The van der Waals surface area contributed by atoms with E-state index in [0.29, 0.717) is 13.1 Å². The Labute approximate surface area is 132 Å². The van der Waals surface area contributed by atoms with Crippen LogP contribution in [0.15, 0.2) is 41.8 Å². The van der Waals surface area contributed by atoms with Gasteiger partial charge in [-0.3, -0.25) is 0 Å². The third-order valence-corrected chi connectivity index (χ3v) is 4.41. The quantitative estimate of drug-likeness (QED) is 0.786. The van der Waals surface area contributed by atoms with Crippen LogP contribution in [-0.2, 0) is 19.5 Å². The SMILES string of the molecule is NCc1nnn(Cc2ccc(Cl)cc2)c1Cc1cccs1. The summed E-state index contributed by atoms with van der Waals surface area (Å²) in [6, 6.07) is 11.9. The second kappa shape index (κ2) is 6.39. The maximum atomic E-state index is 5.92. The molecular formula is C15H15ClN4S. The average molecular weight is 319 g/mol. The number of thiophene rings is 1. The van der Waals surface area contributed by atoms with Gasteiger partial charge in [0.2, 0.25) is 0 Å². The minimum atomic E-state index is 0.404. The fourth-order valence-corrected chi connectivity index (χ4v) is 3.02. The Kier molecular flexibility index (Phi) is 4.34. The number of halogens is 1. The van der Waals surface area contributed by atoms with Gasteiger partial charge in [-0.05, 0) is 29.1 Å². The summed E-state index contributed by atoms with van der Waals surface area (Å²) in [4.78, 5) is 1.28. The molecule has 4 nitrogen and oxygen atoms in total. The first-order valence-electron chi connectivity index (χ1n) is 6.64. The molecule has 0 atom stereocenters. The molecule has 0 bridgehead atoms. The highest BCUT2D eigenvalue weighted by Gasteiger charge is 2.13. The number of aromatic nitrogens is 3. The van der Waals surface area contributed by atoms with Crippen LogP contribution in [-0.4, -0.2) is 15.0 Å². The highest BCUT2D eigenvalue weighted by atomic mass is 35.5. The average Bonchev–Trinajstić information content (AvgIpc) is 3.13. The van der Waals surface area contributed by atoms with Crippen LogP contribution in [0.5, 0.6) is 0 Å². The van der Waals surface area contributed by atoms with Crippen LogP contribution in [0.2, 0.25) is 5.02 Å². The molecule has 3 rings (SSSR count). The fourth-order valence-electron chi connectivity index (χ4n) is 2.19. The molecule has 1 aromatic carbocycles. The lowest BCUT2D eigenvalue weighted by molar-refractivity contribution is 0.626. The van der Waals surface area contributed by atoms with E-state index in [9.17, 15) is 0 Å². The van der Waals surface area contributed by atoms with Crippen LogP contribution < -0.4 is 5.73 Å². The van der Waals surface area contributed by atoms with Gasteiger partial charge in [0, 0.05) is 22.9 Å². The summed E-state index contributed by atoms with van der Waals surface area (Å²) in [5, 5.41) is 11.2. The van der Waals surface area contributed by atoms with E-state index in [1.807, 2.05) is 28.9 Å². The third kappa shape index (κ3) is 3.32. The van der Waals surface area contributed by atoms with Gasteiger partial charge >= 0.3 is 0 Å². The van der Waals surface area contributed by atoms with Gasteiger partial charge in [0.25, 0.3) is 0 Å². The van der Waals surface area contributed by atoms with Crippen molar-refractivity contribution in [2.24, 2.45) is 5.73 Å². The first kappa shape index (κ1) is 14.3. The molecule has 108 valence electrons. The van der Waals surface area contributed by atoms with Crippen molar-refractivity contribution in [1.82, 2.24) is 15.0 Å². The minimum Gasteiger partial charge on any atom is -0.325 e. The number of hydrogen-bond acceptors (Lipinski definition) is 4. The van der Waals surface area contributed by atoms with E-state index in [1.165, 1.54) is 4.88 Å². The van der Waals surface area contributed by atoms with Crippen molar-refractivity contribution in [2.45, 2.75) is 19.5 Å². The molecule has 2 N–H and O–H groups in total. The summed E-state index contributed by atoms with van der Waals surface area (Å²) in [6.45, 7) is 1.08. The Morgan fingerprint density at radius 2 is 2.00 bits per heavy atom. The molecule has 0 aliphatic carbocycles. The molecule has 0 amide bonds. The number of nitrogens with zero attached hydrogens (tertiary/aromatic N) is 3. The zero-order chi connectivity index (χ0) is 14.7. The van der Waals surface area contributed by atoms with Gasteiger partial charge in [0.05, 0.1) is 17.9 Å². The van der Waals surface area contributed by atoms with E-state index in [-0.39, 0.29) is 0 Å². The Hall–Kier alpha value is -1.69. The molecule has 0 saturated heterocycles. The predicted molar refractivity (Wildman–Crippen MR) is 85.6 cm³/mol. The summed E-state index contributed by atoms with van der Waals surface area (Å²) < 4.78 is 1.92. The molecule has 0 fully saturated rings. The highest BCUT2D eigenvalue weighted by Crippen LogP contribution is 2.18. The number of hydrogen-bond donors (Lipinski definition) is 1. The normalized spacial score (nSPS) is 11.0. The van der Waals surface area contributed by atoms with Gasteiger partial charge in [-0.25, -0.2) is 4.68 Å². The van der Waals surface area contributed by atoms with Crippen LogP contribution in [0.3, 0.4) is 0 Å². The van der Waals surface area contributed by atoms with Crippen molar-refractivity contribution in [1.29, 1.82) is 0 Å². The largest absolute Gasteiger partial charge is 0.325 e. The third-order valence-electron chi connectivity index (χ3n) is 3.28. The van der Waals surface area contributed by atoms with Gasteiger partial charge < -0.3 is 5.73 Å². The summed E-state index contributed by atoms with van der Waals surface area (Å²) in [5.74, 6) is 0. The van der Waals surface area contributed by atoms with Gasteiger partial charge in [0.15, 0.2) is 0 Å². The first-order valence-corrected chi connectivity index (χ1v) is 7.90. The first-order chi connectivity index (χ1) is 10.3. The minimum absolute atomic E-state index is 0.404. The highest BCUT2D eigenvalue weighted by molar-refractivity contribution is 7.09. The smallest absolute Gasteiger partial charge is 0.0998 e. The van der Waals surface area contributed by atoms with Crippen LogP contribution in [0, 0.1) is 0 Å². The van der Waals surface area contributed by atoms with Gasteiger partial charge in [-0.15, -0.1) is 16.4 Å². The van der Waals surface area contributed by atoms with E-state index in [0.717, 1.165) is 28.4 Å². The van der Waals surface area contributed by atoms with Crippen molar-refractivity contribution in [2.75, 3.05) is 0 Å². The Bertz CT molecular complexity index is 704. The van der Waals surface area contributed by atoms with Crippen molar-refractivity contribution in [3.8, 4) is 0 Å². The molecular weight excluding hydrogens is 304 g/mol. The van der Waals surface area contributed by atoms with Gasteiger partial charge in [-0.2, -0.15) is 0 Å². The molecule has 6 heteroatoms. The lowest BCUT2D eigenvalue weighted by Crippen LogP contribution is -2.09. The van der Waals surface area contributed by atoms with Gasteiger partial charge in [0.1, 0.15) is 0 Å². The lowest BCUT2D eigenvalue weighted by Gasteiger charge is -2.07. The monoisotopic (exact) mass is 318 g/mol. The van der Waals surface area contributed by atoms with Crippen LogP contribution in [0.25, 0.3) is 0 Å². The van der Waals surface area contributed by atoms with Crippen LogP contribution in [0.4, 0.5) is 0 Å². The molecule has 3 aromatic rings. The molecule has 0 saturated carbocycles. The van der Waals surface area contributed by atoms with Gasteiger partial charge in [-0.1, -0.05) is 35.0 Å². The van der Waals surface area contributed by atoms with Crippen molar-refractivity contribution < 1.29 is 0 Å². The molecule has 2 aromatic heterocycles. The number of nitrogens with two attached hydrogens (primary N) is 1. The molecule has 0 aliphatic heterocycles. The molecule has 21 heavy (non-hydrogen) atoms. The Morgan fingerprint density at radius 3 is 2.67 bits per heavy atom. The van der Waals surface area contributed by atoms with E-state index >= 15 is 0 Å². The molecule has 0 unspecified atom stereocenters. The molecule has 2 heterocycles. The fraction of sp³-hybridized carbons (Fsp3) is 0.200. The number of rotatable bonds is 5. The van der Waals surface area contributed by atoms with Crippen molar-refractivity contribution in [3.05, 3.63) is 68.6 Å². The van der Waals surface area contributed by atoms with E-state index < -0.39 is 0 Å². The molecule has 0 radical (unpaired) electrons. The van der Waals surface area contributed by atoms with Crippen LogP contribution in [0.1, 0.15) is 21.8 Å². The summed E-state index contributed by atoms with van der Waals surface area (Å²) in [5.41, 5.74) is 8.85. The second-order valence-corrected chi connectivity index (χ2v) is 6.20. The summed E-state index contributed by atoms with van der Waals surface area (Å²) in [6.07, 6.45) is 0.810. The maximum absolute atomic E-state index is 5.92. The Morgan fingerprint density at radius 1 is 1.19 bits per heavy atom. The maximum Gasteiger partial charge on any atom is 0.0998 e. The lowest BCUT2D eigenvalue weighted by atomic mass is 10.2. The van der Waals surface area contributed by atoms with E-state index in [4.69, 9.17) is 17.3 Å². The van der Waals surface area contributed by atoms with Crippen molar-refractivity contribution in [3.63, 3.8) is 0 Å². The van der Waals surface area contributed by atoms with E-state index in [1.54, 1.807) is 11.3 Å². The van der Waals surface area contributed by atoms with Crippen LogP contribution >= 0.6 is 22.9 Å². The zero-order valence-electron chi connectivity index (χ0n) is 11.4. The number of benzene rings is 1. The second-order valence-electron chi connectivity index (χ2n) is 4.73. The predicted octanol–water partition coefficient (Wildman–Crippen LogP) is 3.09. The standard InChI is InChI=1S/C15H15ClN4S/c16-12-5-3-11(4-6-12)10-20-15(14(9-17)18-19-20)8-13-2-1-7-21-13/h1-7H,8-10,17H2. The van der Waals surface area contributed by atoms with E-state index in [2.05, 4.69) is 27.8 Å². The Balaban J connectivity index is 1.87. The molecule has 0 spiro atoms. The zero-order valence-corrected chi connectivity index (χ0v) is 12.9. The molecule has 0 aliphatic rings. The topological polar surface area (TPSA) is 56.7 Å². The summed E-state index contributed by atoms with van der Waals surface area (Å²) in [7, 11) is 0.